The number of aromatic nitrogens is 1. The monoisotopic (exact) mass is 568 g/mol. The van der Waals surface area contributed by atoms with E-state index in [0.29, 0.717) is 21.9 Å². The molecule has 11 heteroatoms. The Bertz CT molecular complexity index is 1310. The van der Waals surface area contributed by atoms with E-state index in [-0.39, 0.29) is 24.0 Å². The van der Waals surface area contributed by atoms with Gasteiger partial charge < -0.3 is 4.90 Å². The van der Waals surface area contributed by atoms with E-state index in [0.717, 1.165) is 39.0 Å². The summed E-state index contributed by atoms with van der Waals surface area (Å²) in [7, 11) is 0. The molecule has 0 atom stereocenters. The number of hydrogen-bond donors (Lipinski definition) is 0. The molecule has 0 radical (unpaired) electrons. The van der Waals surface area contributed by atoms with Gasteiger partial charge in [0, 0.05) is 39.8 Å². The second kappa shape index (κ2) is 10.9. The Kier molecular flexibility index (Phi) is 8.41. The molecule has 0 fully saturated rings. The standard InChI is InChI=1S/C22H21BrN4O3S2.ClH/c1-3-25(4-2)9-10-26(22-24-17-7-5-15(23)13-19(17)32-22)21(28)20-12-14-11-16(27(29)30)6-8-18(14)31-20;/h5-8,11-13H,3-4,9-10H2,1-2H3;1H. The second-order valence-corrected chi connectivity index (χ2v) is 10.2. The molecule has 0 saturated carbocycles. The molecule has 0 aliphatic heterocycles. The number of amides is 1. The smallest absolute Gasteiger partial charge is 0.270 e. The Hall–Kier alpha value is -2.11. The van der Waals surface area contributed by atoms with Crippen molar-refractivity contribution in [2.75, 3.05) is 31.1 Å². The minimum absolute atomic E-state index is 0. The summed E-state index contributed by atoms with van der Waals surface area (Å²) in [5.41, 5.74) is 0.866. The maximum atomic E-state index is 13.6. The van der Waals surface area contributed by atoms with Crippen molar-refractivity contribution in [1.29, 1.82) is 0 Å². The summed E-state index contributed by atoms with van der Waals surface area (Å²) in [5, 5.41) is 12.5. The van der Waals surface area contributed by atoms with Crippen LogP contribution in [0.3, 0.4) is 0 Å². The highest BCUT2D eigenvalue weighted by molar-refractivity contribution is 9.10. The van der Waals surface area contributed by atoms with Gasteiger partial charge in [-0.2, -0.15) is 0 Å². The summed E-state index contributed by atoms with van der Waals surface area (Å²) in [6, 6.07) is 12.3. The quantitative estimate of drug-likeness (QED) is 0.177. The fourth-order valence-corrected chi connectivity index (χ4v) is 5.98. The molecule has 2 aromatic heterocycles. The van der Waals surface area contributed by atoms with Gasteiger partial charge in [0.25, 0.3) is 11.6 Å². The molecule has 33 heavy (non-hydrogen) atoms. The molecule has 2 aromatic carbocycles. The zero-order valence-corrected chi connectivity index (χ0v) is 22.0. The van der Waals surface area contributed by atoms with Crippen molar-refractivity contribution >= 4 is 88.0 Å². The number of carbonyl (C=O) groups is 1. The maximum absolute atomic E-state index is 13.6. The SMILES string of the molecule is CCN(CC)CCN(C(=O)c1cc2cc([N+](=O)[O-])ccc2s1)c1nc2ccc(Br)cc2s1.Cl. The molecule has 4 aromatic rings. The third kappa shape index (κ3) is 5.52. The van der Waals surface area contributed by atoms with Crippen LogP contribution in [0.25, 0.3) is 20.3 Å². The van der Waals surface area contributed by atoms with Gasteiger partial charge in [-0.15, -0.1) is 23.7 Å². The van der Waals surface area contributed by atoms with Gasteiger partial charge in [0.1, 0.15) is 0 Å². The van der Waals surface area contributed by atoms with E-state index in [9.17, 15) is 14.9 Å². The van der Waals surface area contributed by atoms with Gasteiger partial charge in [-0.05, 0) is 43.4 Å². The molecule has 0 aliphatic rings. The van der Waals surface area contributed by atoms with E-state index in [4.69, 9.17) is 4.98 Å². The van der Waals surface area contributed by atoms with Crippen LogP contribution in [-0.4, -0.2) is 46.9 Å². The number of benzene rings is 2. The van der Waals surface area contributed by atoms with E-state index in [1.165, 1.54) is 34.8 Å². The summed E-state index contributed by atoms with van der Waals surface area (Å²) >= 11 is 6.32. The van der Waals surface area contributed by atoms with Crippen molar-refractivity contribution in [3.8, 4) is 0 Å². The topological polar surface area (TPSA) is 79.6 Å². The van der Waals surface area contributed by atoms with Crippen molar-refractivity contribution in [3.05, 3.63) is 61.9 Å². The molecular weight excluding hydrogens is 548 g/mol. The Morgan fingerprint density at radius 1 is 1.06 bits per heavy atom. The first-order valence-electron chi connectivity index (χ1n) is 10.2. The zero-order chi connectivity index (χ0) is 22.8. The summed E-state index contributed by atoms with van der Waals surface area (Å²) in [5.74, 6) is -0.140. The van der Waals surface area contributed by atoms with Gasteiger partial charge in [-0.25, -0.2) is 4.98 Å². The summed E-state index contributed by atoms with van der Waals surface area (Å²) in [6.45, 7) is 7.24. The van der Waals surface area contributed by atoms with E-state index >= 15 is 0 Å². The van der Waals surface area contributed by atoms with Gasteiger partial charge >= 0.3 is 0 Å². The van der Waals surface area contributed by atoms with E-state index in [1.54, 1.807) is 17.0 Å². The Balaban J connectivity index is 0.00000306. The molecule has 0 unspecified atom stereocenters. The molecule has 174 valence electrons. The molecular formula is C22H22BrClN4O3S2. The number of likely N-dealkylation sites (N-methyl/N-ethyl adjacent to an activating group) is 1. The lowest BCUT2D eigenvalue weighted by Gasteiger charge is -2.24. The van der Waals surface area contributed by atoms with Crippen LogP contribution >= 0.6 is 51.0 Å². The lowest BCUT2D eigenvalue weighted by atomic mass is 10.2. The predicted octanol–water partition coefficient (Wildman–Crippen LogP) is 6.59. The van der Waals surface area contributed by atoms with Crippen molar-refractivity contribution in [1.82, 2.24) is 9.88 Å². The van der Waals surface area contributed by atoms with Gasteiger partial charge in [-0.3, -0.25) is 19.8 Å². The first-order valence-corrected chi connectivity index (χ1v) is 12.6. The second-order valence-electron chi connectivity index (χ2n) is 7.18. The minimum Gasteiger partial charge on any atom is -0.302 e. The maximum Gasteiger partial charge on any atom is 0.270 e. The van der Waals surface area contributed by atoms with Crippen LogP contribution in [0.2, 0.25) is 0 Å². The highest BCUT2D eigenvalue weighted by atomic mass is 79.9. The highest BCUT2D eigenvalue weighted by Crippen LogP contribution is 2.34. The average molecular weight is 570 g/mol. The van der Waals surface area contributed by atoms with Crippen LogP contribution in [0, 0.1) is 10.1 Å². The Labute approximate surface area is 213 Å². The Morgan fingerprint density at radius 3 is 2.52 bits per heavy atom. The number of nitrogens with zero attached hydrogens (tertiary/aromatic N) is 4. The van der Waals surface area contributed by atoms with Crippen molar-refractivity contribution in [2.24, 2.45) is 0 Å². The lowest BCUT2D eigenvalue weighted by molar-refractivity contribution is -0.384. The number of hydrogen-bond acceptors (Lipinski definition) is 7. The lowest BCUT2D eigenvalue weighted by Crippen LogP contribution is -2.38. The molecule has 0 N–H and O–H groups in total. The molecule has 1 amide bonds. The minimum atomic E-state index is -0.422. The number of halogens is 2. The molecule has 7 nitrogen and oxygen atoms in total. The zero-order valence-electron chi connectivity index (χ0n) is 18.0. The van der Waals surface area contributed by atoms with Crippen LogP contribution < -0.4 is 4.90 Å². The molecule has 0 saturated heterocycles. The number of non-ortho nitro benzene ring substituents is 1. The fourth-order valence-electron chi connectivity index (χ4n) is 3.45. The molecule has 2 heterocycles. The summed E-state index contributed by atoms with van der Waals surface area (Å²) < 4.78 is 2.81. The van der Waals surface area contributed by atoms with E-state index in [2.05, 4.69) is 34.7 Å². The number of thiophene rings is 1. The van der Waals surface area contributed by atoms with Gasteiger partial charge in [0.2, 0.25) is 0 Å². The summed E-state index contributed by atoms with van der Waals surface area (Å²) in [4.78, 5) is 33.6. The van der Waals surface area contributed by atoms with Crippen LogP contribution in [-0.2, 0) is 0 Å². The molecule has 4 rings (SSSR count). The number of nitro groups is 1. The normalized spacial score (nSPS) is 11.2. The van der Waals surface area contributed by atoms with Gasteiger partial charge in [0.05, 0.1) is 20.0 Å². The van der Waals surface area contributed by atoms with Gasteiger partial charge in [-0.1, -0.05) is 41.1 Å². The number of carbonyl (C=O) groups excluding carboxylic acids is 1. The van der Waals surface area contributed by atoms with Crippen molar-refractivity contribution in [2.45, 2.75) is 13.8 Å². The van der Waals surface area contributed by atoms with Crippen LogP contribution in [0.4, 0.5) is 10.8 Å². The third-order valence-corrected chi connectivity index (χ3v) is 7.91. The first-order chi connectivity index (χ1) is 15.4. The van der Waals surface area contributed by atoms with Crippen LogP contribution in [0.1, 0.15) is 23.5 Å². The van der Waals surface area contributed by atoms with Crippen LogP contribution in [0.15, 0.2) is 46.9 Å². The largest absolute Gasteiger partial charge is 0.302 e. The number of thiazole rings is 1. The molecule has 0 spiro atoms. The first kappa shape index (κ1) is 25.5. The number of rotatable bonds is 8. The average Bonchev–Trinajstić information content (AvgIpc) is 3.39. The van der Waals surface area contributed by atoms with E-state index < -0.39 is 4.92 Å². The van der Waals surface area contributed by atoms with Crippen LogP contribution in [0.5, 0.6) is 0 Å². The predicted molar refractivity (Wildman–Crippen MR) is 143 cm³/mol. The Morgan fingerprint density at radius 2 is 1.82 bits per heavy atom. The highest BCUT2D eigenvalue weighted by Gasteiger charge is 2.24. The number of fused-ring (bicyclic) bond motifs is 2. The van der Waals surface area contributed by atoms with Crippen molar-refractivity contribution in [3.63, 3.8) is 0 Å². The molecule has 0 aliphatic carbocycles. The summed E-state index contributed by atoms with van der Waals surface area (Å²) in [6.07, 6.45) is 0. The van der Waals surface area contributed by atoms with Crippen molar-refractivity contribution < 1.29 is 9.72 Å². The fraction of sp³-hybridized carbons (Fsp3) is 0.273. The van der Waals surface area contributed by atoms with E-state index in [1.807, 2.05) is 18.2 Å². The number of nitro benzene ring substituents is 1. The number of anilines is 1. The third-order valence-electron chi connectivity index (χ3n) is 5.27. The van der Waals surface area contributed by atoms with Gasteiger partial charge in [0.15, 0.2) is 5.13 Å². The molecule has 0 bridgehead atoms.